The number of ether oxygens (including phenoxy) is 3. The molecular weight excluding hydrogens is 372 g/mol. The summed E-state index contributed by atoms with van der Waals surface area (Å²) < 4.78 is 17.9. The lowest BCUT2D eigenvalue weighted by Crippen LogP contribution is -2.75. The predicted octanol–water partition coefficient (Wildman–Crippen LogP) is 2.20. The zero-order chi connectivity index (χ0) is 20.3. The molecule has 4 aliphatic heterocycles. The van der Waals surface area contributed by atoms with Gasteiger partial charge in [0.25, 0.3) is 0 Å². The molecule has 3 saturated heterocycles. The van der Waals surface area contributed by atoms with E-state index in [0.29, 0.717) is 17.9 Å². The van der Waals surface area contributed by atoms with E-state index in [4.69, 9.17) is 14.2 Å². The molecule has 1 aliphatic carbocycles. The van der Waals surface area contributed by atoms with Crippen molar-refractivity contribution in [2.45, 2.75) is 43.2 Å². The van der Waals surface area contributed by atoms with Crippen molar-refractivity contribution in [1.29, 1.82) is 0 Å². The lowest BCUT2D eigenvalue weighted by molar-refractivity contribution is -0.159. The number of piperidine rings is 2. The number of carboxylic acids is 1. The maximum absolute atomic E-state index is 12.8. The fourth-order valence-corrected chi connectivity index (χ4v) is 7.48. The van der Waals surface area contributed by atoms with Crippen LogP contribution in [0.4, 0.5) is 5.69 Å². The number of carboxylic acid groups (broad SMARTS) is 1. The van der Waals surface area contributed by atoms with Gasteiger partial charge in [-0.05, 0) is 30.9 Å². The molecule has 1 aromatic rings. The van der Waals surface area contributed by atoms with E-state index < -0.39 is 23.0 Å². The third kappa shape index (κ3) is 1.62. The van der Waals surface area contributed by atoms with Crippen LogP contribution >= 0.6 is 0 Å². The number of aliphatic carboxylic acids is 1. The summed E-state index contributed by atoms with van der Waals surface area (Å²) in [6, 6.07) is 4.16. The molecule has 0 aromatic heterocycles. The zero-order valence-electron chi connectivity index (χ0n) is 17.1. The minimum absolute atomic E-state index is 0.0296. The van der Waals surface area contributed by atoms with Gasteiger partial charge in [-0.15, -0.1) is 0 Å². The maximum atomic E-state index is 12.8. The van der Waals surface area contributed by atoms with Gasteiger partial charge in [0.15, 0.2) is 17.2 Å². The number of methoxy groups -OCH3 is 2. The highest BCUT2D eigenvalue weighted by molar-refractivity contribution is 5.82. The van der Waals surface area contributed by atoms with Gasteiger partial charge in [0.05, 0.1) is 31.6 Å². The summed E-state index contributed by atoms with van der Waals surface area (Å²) in [7, 11) is 5.29. The first-order valence-electron chi connectivity index (χ1n) is 10.3. The van der Waals surface area contributed by atoms with Gasteiger partial charge >= 0.3 is 5.97 Å². The van der Waals surface area contributed by atoms with Gasteiger partial charge in [0, 0.05) is 31.8 Å². The van der Waals surface area contributed by atoms with Crippen molar-refractivity contribution in [3.05, 3.63) is 29.3 Å². The first kappa shape index (κ1) is 17.6. The zero-order valence-corrected chi connectivity index (χ0v) is 17.1. The molecule has 5 aliphatic rings. The number of likely N-dealkylation sites (N-methyl/N-ethyl adjacent to an activating group) is 1. The van der Waals surface area contributed by atoms with Crippen molar-refractivity contribution in [3.63, 3.8) is 0 Å². The number of fused-ring (bicyclic) bond motifs is 4. The summed E-state index contributed by atoms with van der Waals surface area (Å²) in [5.74, 6) is 0.0603. The van der Waals surface area contributed by atoms with Crippen LogP contribution in [0.5, 0.6) is 11.5 Å². The molecule has 6 rings (SSSR count). The van der Waals surface area contributed by atoms with Crippen molar-refractivity contribution >= 4 is 11.7 Å². The Morgan fingerprint density at radius 1 is 1.31 bits per heavy atom. The summed E-state index contributed by atoms with van der Waals surface area (Å²) in [6.45, 7) is 2.83. The molecule has 29 heavy (non-hydrogen) atoms. The Bertz CT molecular complexity index is 976. The minimum Gasteiger partial charge on any atom is -0.493 e. The van der Waals surface area contributed by atoms with E-state index in [1.807, 2.05) is 26.1 Å². The molecular formula is C22H26N2O5. The Morgan fingerprint density at radius 2 is 2.03 bits per heavy atom. The molecule has 4 bridgehead atoms. The molecule has 7 nitrogen and oxygen atoms in total. The highest BCUT2D eigenvalue weighted by Gasteiger charge is 2.83. The van der Waals surface area contributed by atoms with Gasteiger partial charge in [-0.2, -0.15) is 0 Å². The average Bonchev–Trinajstić information content (AvgIpc) is 3.31. The number of hydrogen-bond donors (Lipinski definition) is 1. The highest BCUT2D eigenvalue weighted by atomic mass is 16.6. The van der Waals surface area contributed by atoms with Crippen molar-refractivity contribution in [1.82, 2.24) is 4.90 Å². The maximum Gasteiger partial charge on any atom is 0.308 e. The van der Waals surface area contributed by atoms with E-state index in [-0.39, 0.29) is 18.2 Å². The molecule has 7 heteroatoms. The normalized spacial score (nSPS) is 42.3. The Morgan fingerprint density at radius 3 is 2.69 bits per heavy atom. The first-order valence-corrected chi connectivity index (χ1v) is 10.3. The lowest BCUT2D eigenvalue weighted by Gasteiger charge is -2.61. The highest BCUT2D eigenvalue weighted by Crippen LogP contribution is 2.74. The molecule has 1 aromatic carbocycles. The molecule has 1 N–H and O–H groups in total. The van der Waals surface area contributed by atoms with Gasteiger partial charge in [-0.3, -0.25) is 9.69 Å². The molecule has 1 spiro atoms. The van der Waals surface area contributed by atoms with Crippen LogP contribution in [-0.4, -0.2) is 61.8 Å². The number of carbonyl (C=O) groups is 1. The second-order valence-corrected chi connectivity index (χ2v) is 8.94. The van der Waals surface area contributed by atoms with Gasteiger partial charge in [0.1, 0.15) is 6.23 Å². The molecule has 1 saturated carbocycles. The van der Waals surface area contributed by atoms with Crippen LogP contribution in [0.25, 0.3) is 0 Å². The van der Waals surface area contributed by atoms with Crippen LogP contribution in [0, 0.1) is 11.8 Å². The SMILES string of the molecule is C/C=C1/CN2[C@H]3C[C@@H]1[C@H](C(=O)O)[C@@]14C[C@H]2O[C@]31N(C)c1cc(OC)c(OC)cc14. The quantitative estimate of drug-likeness (QED) is 0.783. The fourth-order valence-electron chi connectivity index (χ4n) is 7.48. The topological polar surface area (TPSA) is 71.5 Å². The van der Waals surface area contributed by atoms with Crippen LogP contribution in [0.2, 0.25) is 0 Å². The third-order valence-corrected chi connectivity index (χ3v) is 8.40. The molecule has 4 fully saturated rings. The van der Waals surface area contributed by atoms with E-state index in [1.165, 1.54) is 5.57 Å². The monoisotopic (exact) mass is 398 g/mol. The summed E-state index contributed by atoms with van der Waals surface area (Å²) in [6.07, 6.45) is 3.58. The molecule has 4 heterocycles. The fraction of sp³-hybridized carbons (Fsp3) is 0.591. The number of anilines is 1. The number of allylic oxidation sites excluding steroid dienone is 1. The Balaban J connectivity index is 1.68. The third-order valence-electron chi connectivity index (χ3n) is 8.40. The standard InChI is InChI=1S/C22H26N2O5/c1-5-11-10-24-17-6-12(11)19(20(25)26)21-9-18(24)29-22(17,21)23(2)14-8-16(28-4)15(27-3)7-13(14)21/h5,7-8,12,17-19H,6,9-10H2,1-4H3,(H,25,26)/b11-5-/t12-,17-,18+,19+,21-,22+/m0/s1. The molecule has 6 atom stereocenters. The predicted molar refractivity (Wildman–Crippen MR) is 105 cm³/mol. The summed E-state index contributed by atoms with van der Waals surface area (Å²) in [4.78, 5) is 17.5. The summed E-state index contributed by atoms with van der Waals surface area (Å²) in [5.41, 5.74) is 1.98. The largest absolute Gasteiger partial charge is 0.493 e. The number of rotatable bonds is 3. The Kier molecular flexibility index (Phi) is 3.19. The second-order valence-electron chi connectivity index (χ2n) is 8.94. The van der Waals surface area contributed by atoms with Gasteiger partial charge < -0.3 is 24.2 Å². The van der Waals surface area contributed by atoms with Gasteiger partial charge in [0.2, 0.25) is 0 Å². The molecule has 154 valence electrons. The Labute approximate surface area is 169 Å². The minimum atomic E-state index is -0.729. The van der Waals surface area contributed by atoms with Crippen LogP contribution in [0.1, 0.15) is 25.3 Å². The van der Waals surface area contributed by atoms with Crippen molar-refractivity contribution in [3.8, 4) is 11.5 Å². The van der Waals surface area contributed by atoms with E-state index in [1.54, 1.807) is 14.2 Å². The molecule has 0 amide bonds. The van der Waals surface area contributed by atoms with E-state index >= 15 is 0 Å². The van der Waals surface area contributed by atoms with E-state index in [9.17, 15) is 9.90 Å². The van der Waals surface area contributed by atoms with E-state index in [2.05, 4.69) is 15.9 Å². The Hall–Kier alpha value is -2.25. The summed E-state index contributed by atoms with van der Waals surface area (Å²) >= 11 is 0. The smallest absolute Gasteiger partial charge is 0.308 e. The summed E-state index contributed by atoms with van der Waals surface area (Å²) in [5, 5.41) is 10.5. The molecule has 0 unspecified atom stereocenters. The second kappa shape index (κ2) is 5.26. The van der Waals surface area contributed by atoms with Gasteiger partial charge in [-0.1, -0.05) is 11.6 Å². The lowest BCUT2D eigenvalue weighted by atomic mass is 9.49. The number of nitrogens with zero attached hydrogens (tertiary/aromatic N) is 2. The first-order chi connectivity index (χ1) is 13.9. The van der Waals surface area contributed by atoms with Crippen LogP contribution in [0.3, 0.4) is 0 Å². The van der Waals surface area contributed by atoms with Crippen LogP contribution in [-0.2, 0) is 14.9 Å². The van der Waals surface area contributed by atoms with E-state index in [0.717, 1.165) is 24.2 Å². The number of hydrogen-bond acceptors (Lipinski definition) is 6. The van der Waals surface area contributed by atoms with Crippen molar-refractivity contribution in [2.75, 3.05) is 32.7 Å². The van der Waals surface area contributed by atoms with Crippen molar-refractivity contribution in [2.24, 2.45) is 11.8 Å². The average molecular weight is 398 g/mol. The van der Waals surface area contributed by atoms with Crippen LogP contribution in [0.15, 0.2) is 23.8 Å². The molecule has 0 radical (unpaired) electrons. The van der Waals surface area contributed by atoms with Crippen molar-refractivity contribution < 1.29 is 24.1 Å². The van der Waals surface area contributed by atoms with Crippen LogP contribution < -0.4 is 14.4 Å². The number of benzene rings is 1. The van der Waals surface area contributed by atoms with Gasteiger partial charge in [-0.25, -0.2) is 0 Å².